The maximum atomic E-state index is 11.7. The fourth-order valence-corrected chi connectivity index (χ4v) is 4.21. The molecule has 1 aromatic carbocycles. The molecule has 1 aromatic rings. The van der Waals surface area contributed by atoms with Crippen LogP contribution in [0.25, 0.3) is 0 Å². The first-order valence-corrected chi connectivity index (χ1v) is 10.9. The van der Waals surface area contributed by atoms with Gasteiger partial charge >= 0.3 is 0 Å². The van der Waals surface area contributed by atoms with E-state index < -0.39 is 24.1 Å². The molecule has 0 unspecified atom stereocenters. The van der Waals surface area contributed by atoms with Gasteiger partial charge in [-0.25, -0.2) is 16.8 Å². The Morgan fingerprint density at radius 1 is 1.24 bits per heavy atom. The molecule has 0 N–H and O–H groups in total. The fourth-order valence-electron chi connectivity index (χ4n) is 1.35. The van der Waals surface area contributed by atoms with Crippen LogP contribution in [0.4, 0.5) is 0 Å². The van der Waals surface area contributed by atoms with Gasteiger partial charge in [0.1, 0.15) is 11.5 Å². The van der Waals surface area contributed by atoms with Crippen LogP contribution in [0, 0.1) is 0 Å². The van der Waals surface area contributed by atoms with Crippen LogP contribution in [-0.4, -0.2) is 34.4 Å². The predicted octanol–water partition coefficient (Wildman–Crippen LogP) is 3.23. The van der Waals surface area contributed by atoms with Gasteiger partial charge in [-0.3, -0.25) is 0 Å². The van der Waals surface area contributed by atoms with Crippen molar-refractivity contribution in [1.82, 2.24) is 0 Å². The minimum Gasteiger partial charge on any atom is -0.490 e. The zero-order chi connectivity index (χ0) is 16.4. The third kappa shape index (κ3) is 5.28. The Bertz CT molecular complexity index is 729. The van der Waals surface area contributed by atoms with Crippen LogP contribution >= 0.6 is 38.2 Å². The molecule has 0 fully saturated rings. The van der Waals surface area contributed by atoms with Gasteiger partial charge in [0, 0.05) is 15.2 Å². The average molecular weight is 440 g/mol. The van der Waals surface area contributed by atoms with Crippen LogP contribution in [0.2, 0.25) is 5.02 Å². The summed E-state index contributed by atoms with van der Waals surface area (Å²) in [6.07, 6.45) is 0. The lowest BCUT2D eigenvalue weighted by Crippen LogP contribution is -2.22. The Labute approximate surface area is 142 Å². The lowest BCUT2D eigenvalue weighted by molar-refractivity contribution is 0.332. The topological polar surface area (TPSA) is 77.5 Å². The largest absolute Gasteiger partial charge is 0.490 e. The fraction of sp³-hybridized carbons (Fsp3) is 0.455. The van der Waals surface area contributed by atoms with Crippen LogP contribution in [0.15, 0.2) is 21.5 Å². The molecule has 0 saturated carbocycles. The van der Waals surface area contributed by atoms with Crippen LogP contribution in [0.1, 0.15) is 13.8 Å². The highest BCUT2D eigenvalue weighted by molar-refractivity contribution is 9.10. The van der Waals surface area contributed by atoms with Gasteiger partial charge in [-0.2, -0.15) is 0 Å². The van der Waals surface area contributed by atoms with E-state index in [1.807, 2.05) is 0 Å². The highest BCUT2D eigenvalue weighted by atomic mass is 79.9. The van der Waals surface area contributed by atoms with E-state index in [-0.39, 0.29) is 28.0 Å². The molecule has 0 amide bonds. The predicted molar refractivity (Wildman–Crippen MR) is 86.6 cm³/mol. The van der Waals surface area contributed by atoms with Crippen molar-refractivity contribution in [3.05, 3.63) is 21.6 Å². The summed E-state index contributed by atoms with van der Waals surface area (Å²) in [5.74, 6) is -0.410. The monoisotopic (exact) mass is 438 g/mol. The van der Waals surface area contributed by atoms with Gasteiger partial charge in [0.2, 0.25) is 0 Å². The summed E-state index contributed by atoms with van der Waals surface area (Å²) in [5, 5.41) is -0.525. The minimum atomic E-state index is -4.08. The smallest absolute Gasteiger partial charge is 0.265 e. The SMILES string of the molecule is CC(C)S(=O)(=O)CCOc1c(Cl)cc(Br)cc1S(=O)(=O)Cl. The van der Waals surface area contributed by atoms with E-state index in [2.05, 4.69) is 15.9 Å². The van der Waals surface area contributed by atoms with E-state index in [4.69, 9.17) is 27.0 Å². The molecule has 0 heterocycles. The molecular weight excluding hydrogens is 427 g/mol. The lowest BCUT2D eigenvalue weighted by Gasteiger charge is -2.13. The molecule has 0 aliphatic rings. The summed E-state index contributed by atoms with van der Waals surface area (Å²) < 4.78 is 52.0. The zero-order valence-electron chi connectivity index (χ0n) is 11.1. The molecule has 0 aromatic heterocycles. The van der Waals surface area contributed by atoms with Gasteiger partial charge in [-0.15, -0.1) is 0 Å². The second-order valence-corrected chi connectivity index (χ2v) is 11.0. The Hall–Kier alpha value is -0.0200. The summed E-state index contributed by atoms with van der Waals surface area (Å²) in [4.78, 5) is -0.314. The van der Waals surface area contributed by atoms with E-state index in [0.717, 1.165) is 0 Å². The molecule has 1 rings (SSSR count). The van der Waals surface area contributed by atoms with Crippen molar-refractivity contribution in [1.29, 1.82) is 0 Å². The number of rotatable bonds is 6. The number of ether oxygens (including phenoxy) is 1. The van der Waals surface area contributed by atoms with Crippen molar-refractivity contribution in [3.63, 3.8) is 0 Å². The molecule has 0 aliphatic heterocycles. The van der Waals surface area contributed by atoms with Crippen molar-refractivity contribution >= 4 is 57.1 Å². The van der Waals surface area contributed by atoms with E-state index in [1.165, 1.54) is 12.1 Å². The summed E-state index contributed by atoms with van der Waals surface area (Å²) >= 11 is 9.03. The Morgan fingerprint density at radius 2 is 1.81 bits per heavy atom. The van der Waals surface area contributed by atoms with Crippen LogP contribution in [-0.2, 0) is 18.9 Å². The molecule has 0 saturated heterocycles. The van der Waals surface area contributed by atoms with E-state index in [0.29, 0.717) is 4.47 Å². The first kappa shape index (κ1) is 19.0. The van der Waals surface area contributed by atoms with Gasteiger partial charge in [0.25, 0.3) is 9.05 Å². The molecule has 10 heteroatoms. The summed E-state index contributed by atoms with van der Waals surface area (Å²) in [6.45, 7) is 2.88. The zero-order valence-corrected chi connectivity index (χ0v) is 15.9. The molecule has 120 valence electrons. The van der Waals surface area contributed by atoms with Crippen molar-refractivity contribution in [2.45, 2.75) is 24.0 Å². The van der Waals surface area contributed by atoms with Crippen molar-refractivity contribution in [2.24, 2.45) is 0 Å². The number of benzene rings is 1. The first-order valence-electron chi connectivity index (χ1n) is 5.73. The van der Waals surface area contributed by atoms with E-state index in [9.17, 15) is 16.8 Å². The number of hydrogen-bond acceptors (Lipinski definition) is 5. The number of hydrogen-bond donors (Lipinski definition) is 0. The molecule has 0 radical (unpaired) electrons. The van der Waals surface area contributed by atoms with Crippen LogP contribution in [0.5, 0.6) is 5.75 Å². The number of sulfone groups is 1. The average Bonchev–Trinajstić information content (AvgIpc) is 2.29. The van der Waals surface area contributed by atoms with Crippen LogP contribution < -0.4 is 4.74 Å². The Balaban J connectivity index is 3.05. The van der Waals surface area contributed by atoms with Gasteiger partial charge in [-0.05, 0) is 26.0 Å². The summed E-state index contributed by atoms with van der Waals surface area (Å²) in [6, 6.07) is 2.67. The Kier molecular flexibility index (Phi) is 6.38. The third-order valence-corrected chi connectivity index (χ3v) is 6.81. The van der Waals surface area contributed by atoms with Crippen LogP contribution in [0.3, 0.4) is 0 Å². The van der Waals surface area contributed by atoms with E-state index in [1.54, 1.807) is 13.8 Å². The van der Waals surface area contributed by atoms with Gasteiger partial charge in [0.15, 0.2) is 15.6 Å². The molecular formula is C11H13BrCl2O5S2. The highest BCUT2D eigenvalue weighted by Crippen LogP contribution is 2.37. The maximum Gasteiger partial charge on any atom is 0.265 e. The first-order chi connectivity index (χ1) is 9.45. The van der Waals surface area contributed by atoms with E-state index >= 15 is 0 Å². The summed E-state index contributed by atoms with van der Waals surface area (Å²) in [7, 11) is -2.05. The lowest BCUT2D eigenvalue weighted by atomic mass is 10.3. The maximum absolute atomic E-state index is 11.7. The van der Waals surface area contributed by atoms with Crippen molar-refractivity contribution in [3.8, 4) is 5.75 Å². The minimum absolute atomic E-state index is 0.0190. The quantitative estimate of drug-likeness (QED) is 0.635. The van der Waals surface area contributed by atoms with Gasteiger partial charge < -0.3 is 4.74 Å². The second kappa shape index (κ2) is 7.04. The standard InChI is InChI=1S/C11H13BrCl2O5S2/c1-7(2)20(15,16)4-3-19-11-9(13)5-8(12)6-10(11)21(14,17)18/h5-7H,3-4H2,1-2H3. The van der Waals surface area contributed by atoms with Gasteiger partial charge in [0.05, 0.1) is 16.0 Å². The van der Waals surface area contributed by atoms with Crippen molar-refractivity contribution < 1.29 is 21.6 Å². The second-order valence-electron chi connectivity index (χ2n) is 4.42. The molecule has 5 nitrogen and oxygen atoms in total. The molecule has 0 spiro atoms. The molecule has 0 aliphatic carbocycles. The third-order valence-electron chi connectivity index (χ3n) is 2.57. The number of halogens is 3. The van der Waals surface area contributed by atoms with Crippen molar-refractivity contribution in [2.75, 3.05) is 12.4 Å². The summed E-state index contributed by atoms with van der Waals surface area (Å²) in [5.41, 5.74) is 0. The molecule has 0 bridgehead atoms. The van der Waals surface area contributed by atoms with Gasteiger partial charge in [-0.1, -0.05) is 27.5 Å². The molecule has 21 heavy (non-hydrogen) atoms. The normalized spacial score (nSPS) is 12.7. The Morgan fingerprint density at radius 3 is 2.29 bits per heavy atom. The highest BCUT2D eigenvalue weighted by Gasteiger charge is 2.22. The molecule has 0 atom stereocenters.